The fraction of sp³-hybridized carbons (Fsp3) is 0.600. The fourth-order valence-electron chi connectivity index (χ4n) is 1.88. The molecule has 0 bridgehead atoms. The standard InChI is InChI=1S/C15H26N2O4S/c1-5-20-14-9-8-13(12-15(14)21-6-2)22(18,19)16-10-7-11-17(3)4/h8-9,12,16H,5-7,10-11H2,1-4H3. The van der Waals surface area contributed by atoms with E-state index in [0.717, 1.165) is 13.0 Å². The molecule has 1 aromatic rings. The summed E-state index contributed by atoms with van der Waals surface area (Å²) >= 11 is 0. The summed E-state index contributed by atoms with van der Waals surface area (Å²) in [7, 11) is 0.373. The second-order valence-corrected chi connectivity index (χ2v) is 6.80. The van der Waals surface area contributed by atoms with Crippen LogP contribution in [0.3, 0.4) is 0 Å². The first-order valence-corrected chi connectivity index (χ1v) is 8.93. The Hall–Kier alpha value is -1.31. The van der Waals surface area contributed by atoms with E-state index < -0.39 is 10.0 Å². The molecule has 126 valence electrons. The SMILES string of the molecule is CCOc1ccc(S(=O)(=O)NCCCN(C)C)cc1OCC. The lowest BCUT2D eigenvalue weighted by Crippen LogP contribution is -2.27. The van der Waals surface area contributed by atoms with Gasteiger partial charge in [-0.25, -0.2) is 13.1 Å². The molecule has 0 spiro atoms. The van der Waals surface area contributed by atoms with Gasteiger partial charge >= 0.3 is 0 Å². The van der Waals surface area contributed by atoms with Gasteiger partial charge in [0.15, 0.2) is 11.5 Å². The Morgan fingerprint density at radius 1 is 1.09 bits per heavy atom. The van der Waals surface area contributed by atoms with Gasteiger partial charge in [0.05, 0.1) is 18.1 Å². The molecule has 0 aliphatic heterocycles. The normalized spacial score (nSPS) is 11.7. The average molecular weight is 330 g/mol. The van der Waals surface area contributed by atoms with Crippen LogP contribution in [0.2, 0.25) is 0 Å². The minimum atomic E-state index is -3.53. The first-order chi connectivity index (χ1) is 10.4. The lowest BCUT2D eigenvalue weighted by Gasteiger charge is -2.13. The van der Waals surface area contributed by atoms with E-state index in [1.165, 1.54) is 12.1 Å². The topological polar surface area (TPSA) is 67.9 Å². The van der Waals surface area contributed by atoms with Gasteiger partial charge in [0.25, 0.3) is 0 Å². The van der Waals surface area contributed by atoms with Gasteiger partial charge in [-0.3, -0.25) is 0 Å². The first-order valence-electron chi connectivity index (χ1n) is 7.44. The Kier molecular flexibility index (Phi) is 7.64. The van der Waals surface area contributed by atoms with Gasteiger partial charge in [-0.05, 0) is 53.0 Å². The van der Waals surface area contributed by atoms with Crippen LogP contribution >= 0.6 is 0 Å². The summed E-state index contributed by atoms with van der Waals surface area (Å²) in [5.41, 5.74) is 0. The van der Waals surface area contributed by atoms with Gasteiger partial charge in [-0.2, -0.15) is 0 Å². The molecule has 22 heavy (non-hydrogen) atoms. The van der Waals surface area contributed by atoms with Crippen molar-refractivity contribution in [1.29, 1.82) is 0 Å². The molecule has 0 fully saturated rings. The molecule has 1 rings (SSSR count). The highest BCUT2D eigenvalue weighted by molar-refractivity contribution is 7.89. The monoisotopic (exact) mass is 330 g/mol. The summed E-state index contributed by atoms with van der Waals surface area (Å²) in [6.07, 6.45) is 0.752. The molecule has 0 aromatic heterocycles. The molecule has 1 N–H and O–H groups in total. The molecule has 1 aromatic carbocycles. The summed E-state index contributed by atoms with van der Waals surface area (Å²) in [5.74, 6) is 0.997. The lowest BCUT2D eigenvalue weighted by atomic mass is 10.3. The van der Waals surface area contributed by atoms with Gasteiger partial charge in [-0.1, -0.05) is 0 Å². The van der Waals surface area contributed by atoms with Gasteiger partial charge in [-0.15, -0.1) is 0 Å². The van der Waals surface area contributed by atoms with E-state index in [9.17, 15) is 8.42 Å². The van der Waals surface area contributed by atoms with Crippen LogP contribution in [0.4, 0.5) is 0 Å². The van der Waals surface area contributed by atoms with Crippen LogP contribution in [0.15, 0.2) is 23.1 Å². The smallest absolute Gasteiger partial charge is 0.240 e. The van der Waals surface area contributed by atoms with Crippen molar-refractivity contribution in [2.45, 2.75) is 25.2 Å². The van der Waals surface area contributed by atoms with Crippen LogP contribution < -0.4 is 14.2 Å². The van der Waals surface area contributed by atoms with Crippen LogP contribution in [0, 0.1) is 0 Å². The van der Waals surface area contributed by atoms with E-state index in [4.69, 9.17) is 9.47 Å². The number of nitrogens with zero attached hydrogens (tertiary/aromatic N) is 1. The summed E-state index contributed by atoms with van der Waals surface area (Å²) in [6.45, 7) is 5.88. The van der Waals surface area contributed by atoms with Crippen LogP contribution in [0.5, 0.6) is 11.5 Å². The van der Waals surface area contributed by atoms with Crippen LogP contribution in [0.1, 0.15) is 20.3 Å². The summed E-state index contributed by atoms with van der Waals surface area (Å²) in [5, 5.41) is 0. The third-order valence-corrected chi connectivity index (χ3v) is 4.36. The highest BCUT2D eigenvalue weighted by Gasteiger charge is 2.16. The highest BCUT2D eigenvalue weighted by Crippen LogP contribution is 2.30. The molecule has 0 aliphatic carbocycles. The highest BCUT2D eigenvalue weighted by atomic mass is 32.2. The lowest BCUT2D eigenvalue weighted by molar-refractivity contribution is 0.287. The Balaban J connectivity index is 2.83. The zero-order valence-electron chi connectivity index (χ0n) is 13.8. The van der Waals surface area contributed by atoms with E-state index in [1.807, 2.05) is 32.8 Å². The van der Waals surface area contributed by atoms with Crippen molar-refractivity contribution in [1.82, 2.24) is 9.62 Å². The van der Waals surface area contributed by atoms with E-state index in [2.05, 4.69) is 4.72 Å². The maximum absolute atomic E-state index is 12.3. The van der Waals surface area contributed by atoms with Crippen LogP contribution in [0.25, 0.3) is 0 Å². The zero-order valence-corrected chi connectivity index (χ0v) is 14.6. The third-order valence-electron chi connectivity index (χ3n) is 2.90. The van der Waals surface area contributed by atoms with Gasteiger partial charge < -0.3 is 14.4 Å². The molecule has 0 aliphatic rings. The third kappa shape index (κ3) is 5.82. The van der Waals surface area contributed by atoms with Crippen molar-refractivity contribution in [3.63, 3.8) is 0 Å². The number of hydrogen-bond donors (Lipinski definition) is 1. The first kappa shape index (κ1) is 18.7. The van der Waals surface area contributed by atoms with Gasteiger partial charge in [0.1, 0.15) is 0 Å². The molecular formula is C15H26N2O4S. The van der Waals surface area contributed by atoms with Crippen molar-refractivity contribution in [2.24, 2.45) is 0 Å². The van der Waals surface area contributed by atoms with Gasteiger partial charge in [0, 0.05) is 12.6 Å². The number of ether oxygens (including phenoxy) is 2. The second kappa shape index (κ2) is 8.97. The molecule has 0 heterocycles. The largest absolute Gasteiger partial charge is 0.490 e. The molecule has 0 radical (unpaired) electrons. The summed E-state index contributed by atoms with van der Waals surface area (Å²) < 4.78 is 38.1. The molecule has 6 nitrogen and oxygen atoms in total. The number of rotatable bonds is 10. The molecule has 0 unspecified atom stereocenters. The second-order valence-electron chi connectivity index (χ2n) is 5.03. The number of benzene rings is 1. The zero-order chi connectivity index (χ0) is 16.6. The number of sulfonamides is 1. The molecular weight excluding hydrogens is 304 g/mol. The predicted octanol–water partition coefficient (Wildman–Crippen LogP) is 1.71. The Bertz CT molecular complexity index is 559. The van der Waals surface area contributed by atoms with Crippen LogP contribution in [-0.4, -0.2) is 53.7 Å². The van der Waals surface area contributed by atoms with Gasteiger partial charge in [0.2, 0.25) is 10.0 Å². The summed E-state index contributed by atoms with van der Waals surface area (Å²) in [6, 6.07) is 4.66. The minimum Gasteiger partial charge on any atom is -0.490 e. The molecule has 0 atom stereocenters. The van der Waals surface area contributed by atoms with Crippen molar-refractivity contribution in [2.75, 3.05) is 40.4 Å². The molecule has 0 saturated carbocycles. The minimum absolute atomic E-state index is 0.184. The molecule has 0 saturated heterocycles. The van der Waals surface area contributed by atoms with E-state index in [1.54, 1.807) is 6.07 Å². The Morgan fingerprint density at radius 3 is 2.32 bits per heavy atom. The number of hydrogen-bond acceptors (Lipinski definition) is 5. The van der Waals surface area contributed by atoms with E-state index in [0.29, 0.717) is 31.3 Å². The Morgan fingerprint density at radius 2 is 1.73 bits per heavy atom. The fourth-order valence-corrected chi connectivity index (χ4v) is 2.97. The predicted molar refractivity (Wildman–Crippen MR) is 87.1 cm³/mol. The Labute approximate surface area is 133 Å². The average Bonchev–Trinajstić information content (AvgIpc) is 2.46. The van der Waals surface area contributed by atoms with E-state index >= 15 is 0 Å². The van der Waals surface area contributed by atoms with Crippen molar-refractivity contribution >= 4 is 10.0 Å². The van der Waals surface area contributed by atoms with E-state index in [-0.39, 0.29) is 4.90 Å². The quantitative estimate of drug-likeness (QED) is 0.662. The molecule has 7 heteroatoms. The maximum atomic E-state index is 12.3. The number of nitrogens with one attached hydrogen (secondary N) is 1. The maximum Gasteiger partial charge on any atom is 0.240 e. The van der Waals surface area contributed by atoms with Crippen molar-refractivity contribution in [3.8, 4) is 11.5 Å². The molecule has 0 amide bonds. The summed E-state index contributed by atoms with van der Waals surface area (Å²) in [4.78, 5) is 2.20. The van der Waals surface area contributed by atoms with Crippen molar-refractivity contribution in [3.05, 3.63) is 18.2 Å². The van der Waals surface area contributed by atoms with Crippen LogP contribution in [-0.2, 0) is 10.0 Å². The van der Waals surface area contributed by atoms with Crippen molar-refractivity contribution < 1.29 is 17.9 Å².